The summed E-state index contributed by atoms with van der Waals surface area (Å²) in [7, 11) is 1.43. The number of benzene rings is 2. The third-order valence-electron chi connectivity index (χ3n) is 4.83. The van der Waals surface area contributed by atoms with Crippen LogP contribution in [0.25, 0.3) is 0 Å². The lowest BCUT2D eigenvalue weighted by molar-refractivity contribution is -0.149. The molecule has 1 amide bonds. The van der Waals surface area contributed by atoms with Gasteiger partial charge in [-0.2, -0.15) is 0 Å². The second-order valence-corrected chi connectivity index (χ2v) is 6.10. The van der Waals surface area contributed by atoms with Crippen molar-refractivity contribution in [1.82, 2.24) is 4.90 Å². The van der Waals surface area contributed by atoms with Crippen LogP contribution < -0.4 is 0 Å². The molecule has 1 aliphatic rings. The number of carbonyl (C=O) groups excluding carboxylic acids is 2. The first-order chi connectivity index (χ1) is 11.7. The third kappa shape index (κ3) is 2.92. The molecular formula is C20H21NO3. The quantitative estimate of drug-likeness (QED) is 0.816. The summed E-state index contributed by atoms with van der Waals surface area (Å²) in [5, 5.41) is 0. The Morgan fingerprint density at radius 2 is 1.46 bits per heavy atom. The summed E-state index contributed by atoms with van der Waals surface area (Å²) >= 11 is 0. The molecule has 0 N–H and O–H groups in total. The number of carbonyl (C=O) groups is 2. The van der Waals surface area contributed by atoms with Gasteiger partial charge in [-0.25, -0.2) is 0 Å². The molecule has 0 aromatic heterocycles. The fourth-order valence-electron chi connectivity index (χ4n) is 3.42. The molecule has 1 saturated heterocycles. The molecule has 4 nitrogen and oxygen atoms in total. The van der Waals surface area contributed by atoms with Gasteiger partial charge in [-0.05, 0) is 30.5 Å². The standard InChI is InChI=1S/C20H21NO3/c1-24-19(23)20(17-10-6-3-7-11-17)12-14-21(15-13-20)18(22)16-8-4-2-5-9-16/h2-11H,12-15H2,1H3. The van der Waals surface area contributed by atoms with Gasteiger partial charge >= 0.3 is 5.97 Å². The molecule has 2 aromatic carbocycles. The second kappa shape index (κ2) is 6.87. The lowest BCUT2D eigenvalue weighted by Gasteiger charge is -2.40. The van der Waals surface area contributed by atoms with Crippen LogP contribution in [0.5, 0.6) is 0 Å². The van der Waals surface area contributed by atoms with E-state index in [-0.39, 0.29) is 11.9 Å². The van der Waals surface area contributed by atoms with Crippen molar-refractivity contribution in [3.63, 3.8) is 0 Å². The molecule has 1 fully saturated rings. The highest BCUT2D eigenvalue weighted by Crippen LogP contribution is 2.37. The van der Waals surface area contributed by atoms with Crippen molar-refractivity contribution in [2.75, 3.05) is 20.2 Å². The lowest BCUT2D eigenvalue weighted by Crippen LogP contribution is -2.49. The summed E-state index contributed by atoms with van der Waals surface area (Å²) in [6, 6.07) is 19.0. The second-order valence-electron chi connectivity index (χ2n) is 6.10. The van der Waals surface area contributed by atoms with Crippen LogP contribution in [-0.4, -0.2) is 37.0 Å². The van der Waals surface area contributed by atoms with Crippen LogP contribution in [0.1, 0.15) is 28.8 Å². The van der Waals surface area contributed by atoms with Gasteiger partial charge in [0.15, 0.2) is 0 Å². The lowest BCUT2D eigenvalue weighted by atomic mass is 9.72. The number of rotatable bonds is 3. The summed E-state index contributed by atoms with van der Waals surface area (Å²) in [6.07, 6.45) is 1.14. The van der Waals surface area contributed by atoms with Crippen LogP contribution in [-0.2, 0) is 14.9 Å². The fraction of sp³-hybridized carbons (Fsp3) is 0.300. The van der Waals surface area contributed by atoms with E-state index in [4.69, 9.17) is 4.74 Å². The minimum atomic E-state index is -0.663. The van der Waals surface area contributed by atoms with E-state index in [1.807, 2.05) is 65.6 Å². The maximum absolute atomic E-state index is 12.6. The van der Waals surface area contributed by atoms with E-state index in [2.05, 4.69) is 0 Å². The van der Waals surface area contributed by atoms with Gasteiger partial charge in [0.2, 0.25) is 0 Å². The van der Waals surface area contributed by atoms with Crippen molar-refractivity contribution in [3.8, 4) is 0 Å². The molecule has 0 aliphatic carbocycles. The first kappa shape index (κ1) is 16.2. The van der Waals surface area contributed by atoms with Gasteiger partial charge in [-0.3, -0.25) is 9.59 Å². The Hall–Kier alpha value is -2.62. The topological polar surface area (TPSA) is 46.6 Å². The Labute approximate surface area is 142 Å². The van der Waals surface area contributed by atoms with Crippen LogP contribution in [0.4, 0.5) is 0 Å². The van der Waals surface area contributed by atoms with E-state index in [0.717, 1.165) is 5.56 Å². The van der Waals surface area contributed by atoms with Crippen LogP contribution >= 0.6 is 0 Å². The molecule has 3 rings (SSSR count). The van der Waals surface area contributed by atoms with Gasteiger partial charge in [0.1, 0.15) is 0 Å². The first-order valence-electron chi connectivity index (χ1n) is 8.16. The zero-order valence-corrected chi connectivity index (χ0v) is 13.8. The van der Waals surface area contributed by atoms with Crippen LogP contribution in [0.2, 0.25) is 0 Å². The normalized spacial score (nSPS) is 16.5. The van der Waals surface area contributed by atoms with Gasteiger partial charge in [0.05, 0.1) is 12.5 Å². The molecule has 0 bridgehead atoms. The molecule has 2 aromatic rings. The van der Waals surface area contributed by atoms with Crippen LogP contribution in [0, 0.1) is 0 Å². The number of esters is 1. The number of hydrogen-bond donors (Lipinski definition) is 0. The van der Waals surface area contributed by atoms with E-state index in [1.165, 1.54) is 7.11 Å². The van der Waals surface area contributed by atoms with Crippen molar-refractivity contribution < 1.29 is 14.3 Å². The Morgan fingerprint density at radius 1 is 0.917 bits per heavy atom. The van der Waals surface area contributed by atoms with Gasteiger partial charge < -0.3 is 9.64 Å². The predicted molar refractivity (Wildman–Crippen MR) is 91.7 cm³/mol. The molecule has 124 valence electrons. The van der Waals surface area contributed by atoms with Gasteiger partial charge in [-0.15, -0.1) is 0 Å². The van der Waals surface area contributed by atoms with Crippen molar-refractivity contribution in [3.05, 3.63) is 71.8 Å². The van der Waals surface area contributed by atoms with Crippen LogP contribution in [0.3, 0.4) is 0 Å². The number of nitrogens with zero attached hydrogens (tertiary/aromatic N) is 1. The third-order valence-corrected chi connectivity index (χ3v) is 4.83. The molecule has 0 saturated carbocycles. The Kier molecular flexibility index (Phi) is 4.65. The summed E-state index contributed by atoms with van der Waals surface area (Å²) < 4.78 is 5.09. The summed E-state index contributed by atoms with van der Waals surface area (Å²) in [5.41, 5.74) is 0.982. The number of piperidine rings is 1. The zero-order valence-electron chi connectivity index (χ0n) is 13.8. The minimum Gasteiger partial charge on any atom is -0.468 e. The van der Waals surface area contributed by atoms with E-state index >= 15 is 0 Å². The molecule has 1 aliphatic heterocycles. The highest BCUT2D eigenvalue weighted by Gasteiger charge is 2.44. The molecule has 0 atom stereocenters. The van der Waals surface area contributed by atoms with Crippen molar-refractivity contribution in [2.24, 2.45) is 0 Å². The predicted octanol–water partition coefficient (Wildman–Crippen LogP) is 3.03. The summed E-state index contributed by atoms with van der Waals surface area (Å²) in [5.74, 6) is -0.206. The Morgan fingerprint density at radius 3 is 2.00 bits per heavy atom. The SMILES string of the molecule is COC(=O)C1(c2ccccc2)CCN(C(=O)c2ccccc2)CC1. The van der Waals surface area contributed by atoms with E-state index in [0.29, 0.717) is 31.5 Å². The van der Waals surface area contributed by atoms with Gasteiger partial charge in [0.25, 0.3) is 5.91 Å². The maximum atomic E-state index is 12.6. The molecule has 4 heteroatoms. The average Bonchev–Trinajstić information content (AvgIpc) is 2.68. The highest BCUT2D eigenvalue weighted by atomic mass is 16.5. The van der Waals surface area contributed by atoms with E-state index in [9.17, 15) is 9.59 Å². The number of likely N-dealkylation sites (tertiary alicyclic amines) is 1. The van der Waals surface area contributed by atoms with Gasteiger partial charge in [-0.1, -0.05) is 48.5 Å². The monoisotopic (exact) mass is 323 g/mol. The van der Waals surface area contributed by atoms with Crippen molar-refractivity contribution in [1.29, 1.82) is 0 Å². The smallest absolute Gasteiger partial charge is 0.316 e. The first-order valence-corrected chi connectivity index (χ1v) is 8.16. The molecule has 1 heterocycles. The molecule has 24 heavy (non-hydrogen) atoms. The number of methoxy groups -OCH3 is 1. The van der Waals surface area contributed by atoms with Crippen molar-refractivity contribution in [2.45, 2.75) is 18.3 Å². The highest BCUT2D eigenvalue weighted by molar-refractivity contribution is 5.94. The minimum absolute atomic E-state index is 0.0159. The van der Waals surface area contributed by atoms with Gasteiger partial charge in [0, 0.05) is 18.7 Å². The van der Waals surface area contributed by atoms with Crippen molar-refractivity contribution >= 4 is 11.9 Å². The summed E-state index contributed by atoms with van der Waals surface area (Å²) in [4.78, 5) is 26.9. The Bertz CT molecular complexity index is 704. The molecule has 0 unspecified atom stereocenters. The molecule has 0 radical (unpaired) electrons. The van der Waals surface area contributed by atoms with E-state index in [1.54, 1.807) is 0 Å². The Balaban J connectivity index is 1.80. The fourth-order valence-corrected chi connectivity index (χ4v) is 3.42. The molecule has 0 spiro atoms. The largest absolute Gasteiger partial charge is 0.468 e. The number of ether oxygens (including phenoxy) is 1. The number of hydrogen-bond acceptors (Lipinski definition) is 3. The maximum Gasteiger partial charge on any atom is 0.316 e. The number of amides is 1. The van der Waals surface area contributed by atoms with Crippen LogP contribution in [0.15, 0.2) is 60.7 Å². The van der Waals surface area contributed by atoms with E-state index < -0.39 is 5.41 Å². The average molecular weight is 323 g/mol. The molecular weight excluding hydrogens is 302 g/mol. The zero-order chi connectivity index (χ0) is 17.0. The summed E-state index contributed by atoms with van der Waals surface area (Å²) in [6.45, 7) is 1.08.